The highest BCUT2D eigenvalue weighted by Gasteiger charge is 2.19. The van der Waals surface area contributed by atoms with Crippen molar-refractivity contribution < 1.29 is 9.13 Å². The molecule has 27 heavy (non-hydrogen) atoms. The van der Waals surface area contributed by atoms with E-state index >= 15 is 0 Å². The summed E-state index contributed by atoms with van der Waals surface area (Å²) < 4.78 is 21.3. The molecular formula is C20H15Cl2FN2OS. The Kier molecular flexibility index (Phi) is 5.45. The summed E-state index contributed by atoms with van der Waals surface area (Å²) in [6, 6.07) is 10.4. The molecule has 7 heteroatoms. The fourth-order valence-corrected chi connectivity index (χ4v) is 4.50. The predicted molar refractivity (Wildman–Crippen MR) is 108 cm³/mol. The molecule has 0 saturated heterocycles. The van der Waals surface area contributed by atoms with Crippen LogP contribution < -0.4 is 0 Å². The molecule has 0 fully saturated rings. The minimum Gasteiger partial charge on any atom is -0.368 e. The van der Waals surface area contributed by atoms with Crippen LogP contribution in [-0.2, 0) is 17.8 Å². The smallest absolute Gasteiger partial charge is 0.132 e. The second-order valence-electron chi connectivity index (χ2n) is 6.08. The van der Waals surface area contributed by atoms with E-state index in [9.17, 15) is 4.39 Å². The Morgan fingerprint density at radius 2 is 2.11 bits per heavy atom. The number of fused-ring (bicyclic) bond motifs is 1. The van der Waals surface area contributed by atoms with Crippen molar-refractivity contribution in [3.63, 3.8) is 0 Å². The number of H-pyrrole nitrogens is 1. The van der Waals surface area contributed by atoms with Crippen LogP contribution in [0.2, 0.25) is 10.0 Å². The molecular weight excluding hydrogens is 406 g/mol. The number of ether oxygens (including phenoxy) is 1. The number of benzene rings is 2. The van der Waals surface area contributed by atoms with E-state index < -0.39 is 0 Å². The molecule has 0 saturated carbocycles. The van der Waals surface area contributed by atoms with Crippen LogP contribution in [0.15, 0.2) is 54.2 Å². The number of thiophene rings is 1. The first kappa shape index (κ1) is 18.4. The maximum Gasteiger partial charge on any atom is 0.132 e. The third-order valence-electron chi connectivity index (χ3n) is 4.31. The third-order valence-corrected chi connectivity index (χ3v) is 5.87. The summed E-state index contributed by atoms with van der Waals surface area (Å²) in [6.45, 7) is 0.269. The van der Waals surface area contributed by atoms with Crippen molar-refractivity contribution in [2.75, 3.05) is 0 Å². The van der Waals surface area contributed by atoms with E-state index in [2.05, 4.69) is 9.97 Å². The Bertz CT molecular complexity index is 1070. The van der Waals surface area contributed by atoms with Crippen LogP contribution in [0.4, 0.5) is 4.39 Å². The molecule has 4 aromatic rings. The zero-order valence-electron chi connectivity index (χ0n) is 14.1. The van der Waals surface area contributed by atoms with Gasteiger partial charge in [0.25, 0.3) is 0 Å². The van der Waals surface area contributed by atoms with Crippen molar-refractivity contribution in [2.24, 2.45) is 0 Å². The van der Waals surface area contributed by atoms with Gasteiger partial charge < -0.3 is 9.72 Å². The highest BCUT2D eigenvalue weighted by Crippen LogP contribution is 2.33. The molecule has 0 bridgehead atoms. The summed E-state index contributed by atoms with van der Waals surface area (Å²) in [6.07, 6.45) is 3.62. The average Bonchev–Trinajstić information content (AvgIpc) is 3.29. The zero-order valence-corrected chi connectivity index (χ0v) is 16.4. The van der Waals surface area contributed by atoms with E-state index in [1.807, 2.05) is 17.5 Å². The van der Waals surface area contributed by atoms with E-state index in [1.165, 1.54) is 17.4 Å². The summed E-state index contributed by atoms with van der Waals surface area (Å²) in [5, 5.41) is 3.63. The van der Waals surface area contributed by atoms with Crippen molar-refractivity contribution in [1.29, 1.82) is 0 Å². The molecule has 1 unspecified atom stereocenters. The highest BCUT2D eigenvalue weighted by molar-refractivity contribution is 7.17. The first-order valence-electron chi connectivity index (χ1n) is 8.31. The molecule has 0 amide bonds. The Morgan fingerprint density at radius 1 is 1.22 bits per heavy atom. The van der Waals surface area contributed by atoms with Crippen LogP contribution in [0.3, 0.4) is 0 Å². The third kappa shape index (κ3) is 4.01. The fraction of sp³-hybridized carbons (Fsp3) is 0.150. The number of halogens is 3. The predicted octanol–water partition coefficient (Wildman–Crippen LogP) is 6.57. The monoisotopic (exact) mass is 420 g/mol. The molecule has 138 valence electrons. The van der Waals surface area contributed by atoms with E-state index in [1.54, 1.807) is 30.6 Å². The van der Waals surface area contributed by atoms with Crippen LogP contribution in [0, 0.1) is 5.82 Å². The van der Waals surface area contributed by atoms with Gasteiger partial charge in [0.1, 0.15) is 11.6 Å². The molecule has 0 spiro atoms. The number of rotatable bonds is 6. The second-order valence-corrected chi connectivity index (χ2v) is 7.83. The van der Waals surface area contributed by atoms with Gasteiger partial charge in [-0.15, -0.1) is 11.3 Å². The summed E-state index contributed by atoms with van der Waals surface area (Å²) in [7, 11) is 0. The van der Waals surface area contributed by atoms with Gasteiger partial charge >= 0.3 is 0 Å². The van der Waals surface area contributed by atoms with E-state index in [-0.39, 0.29) is 18.5 Å². The van der Waals surface area contributed by atoms with Crippen LogP contribution in [-0.4, -0.2) is 9.97 Å². The van der Waals surface area contributed by atoms with Crippen molar-refractivity contribution in [1.82, 2.24) is 9.97 Å². The molecule has 2 aromatic heterocycles. The highest BCUT2D eigenvalue weighted by atomic mass is 35.5. The van der Waals surface area contributed by atoms with E-state index in [4.69, 9.17) is 27.9 Å². The number of nitrogens with one attached hydrogen (secondary N) is 1. The van der Waals surface area contributed by atoms with Crippen LogP contribution in [0.5, 0.6) is 0 Å². The molecule has 4 rings (SSSR count). The maximum absolute atomic E-state index is 14.2. The SMILES string of the molecule is Fc1cccc2scc(COC(Cc3ncc[nH]3)c3ccc(Cl)cc3Cl)c12. The van der Waals surface area contributed by atoms with Crippen LogP contribution in [0.1, 0.15) is 23.1 Å². The largest absolute Gasteiger partial charge is 0.368 e. The Labute approximate surface area is 169 Å². The zero-order chi connectivity index (χ0) is 18.8. The van der Waals surface area contributed by atoms with Crippen molar-refractivity contribution in [3.8, 4) is 0 Å². The average molecular weight is 421 g/mol. The van der Waals surface area contributed by atoms with E-state index in [0.717, 1.165) is 21.7 Å². The number of nitrogens with zero attached hydrogens (tertiary/aromatic N) is 1. The lowest BCUT2D eigenvalue weighted by molar-refractivity contribution is 0.0395. The van der Waals surface area contributed by atoms with Gasteiger partial charge in [-0.3, -0.25) is 0 Å². The number of aromatic amines is 1. The van der Waals surface area contributed by atoms with Gasteiger partial charge in [-0.2, -0.15) is 0 Å². The van der Waals surface area contributed by atoms with Crippen LogP contribution >= 0.6 is 34.5 Å². The molecule has 3 nitrogen and oxygen atoms in total. The lowest BCUT2D eigenvalue weighted by Crippen LogP contribution is -2.10. The van der Waals surface area contributed by atoms with Gasteiger partial charge in [0.15, 0.2) is 0 Å². The number of imidazole rings is 1. The van der Waals surface area contributed by atoms with Crippen molar-refractivity contribution in [3.05, 3.63) is 87.0 Å². The summed E-state index contributed by atoms with van der Waals surface area (Å²) in [5.74, 6) is 0.548. The Morgan fingerprint density at radius 3 is 2.89 bits per heavy atom. The minimum atomic E-state index is -0.345. The topological polar surface area (TPSA) is 37.9 Å². The molecule has 1 atom stereocenters. The lowest BCUT2D eigenvalue weighted by atomic mass is 10.1. The number of aromatic nitrogens is 2. The molecule has 0 radical (unpaired) electrons. The molecule has 2 aromatic carbocycles. The fourth-order valence-electron chi connectivity index (χ4n) is 3.01. The quantitative estimate of drug-likeness (QED) is 0.382. The Balaban J connectivity index is 1.62. The van der Waals surface area contributed by atoms with Gasteiger partial charge in [0, 0.05) is 38.9 Å². The molecule has 0 aliphatic heterocycles. The molecule has 0 aliphatic carbocycles. The lowest BCUT2D eigenvalue weighted by Gasteiger charge is -2.19. The molecule has 0 aliphatic rings. The first-order chi connectivity index (χ1) is 13.1. The van der Waals surface area contributed by atoms with Gasteiger partial charge in [-0.05, 0) is 40.8 Å². The van der Waals surface area contributed by atoms with Gasteiger partial charge in [0.05, 0.1) is 12.7 Å². The summed E-state index contributed by atoms with van der Waals surface area (Å²) in [4.78, 5) is 7.36. The number of hydrogen-bond donors (Lipinski definition) is 1. The van der Waals surface area contributed by atoms with Gasteiger partial charge in [0.2, 0.25) is 0 Å². The number of hydrogen-bond acceptors (Lipinski definition) is 3. The van der Waals surface area contributed by atoms with Gasteiger partial charge in [-0.1, -0.05) is 35.3 Å². The van der Waals surface area contributed by atoms with Gasteiger partial charge in [-0.25, -0.2) is 9.37 Å². The summed E-state index contributed by atoms with van der Waals surface area (Å²) in [5.41, 5.74) is 1.64. The van der Waals surface area contributed by atoms with E-state index in [0.29, 0.717) is 21.9 Å². The van der Waals surface area contributed by atoms with Crippen molar-refractivity contribution >= 4 is 44.6 Å². The normalized spacial score (nSPS) is 12.6. The molecule has 2 heterocycles. The minimum absolute atomic E-state index is 0.237. The van der Waals surface area contributed by atoms with Crippen molar-refractivity contribution in [2.45, 2.75) is 19.1 Å². The Hall–Kier alpha value is -1.92. The second kappa shape index (κ2) is 7.98. The van der Waals surface area contributed by atoms with Crippen LogP contribution in [0.25, 0.3) is 10.1 Å². The first-order valence-corrected chi connectivity index (χ1v) is 9.95. The summed E-state index contributed by atoms with van der Waals surface area (Å²) >= 11 is 13.9. The molecule has 1 N–H and O–H groups in total. The standard InChI is InChI=1S/C20H15Cl2FN2OS/c21-13-4-5-14(15(22)8-13)17(9-19-24-6-7-25-19)26-10-12-11-27-18-3-1-2-16(23)20(12)18/h1-8,11,17H,9-10H2,(H,24,25). The maximum atomic E-state index is 14.2.